The van der Waals surface area contributed by atoms with Gasteiger partial charge in [0, 0.05) is 5.92 Å². The Balaban J connectivity index is 1.36. The lowest BCUT2D eigenvalue weighted by molar-refractivity contribution is -0.119. The van der Waals surface area contributed by atoms with Crippen LogP contribution >= 0.6 is 23.1 Å². The molecule has 0 bridgehead atoms. The molecule has 1 saturated carbocycles. The van der Waals surface area contributed by atoms with E-state index in [-0.39, 0.29) is 17.6 Å². The van der Waals surface area contributed by atoms with Crippen LogP contribution < -0.4 is 10.9 Å². The first-order chi connectivity index (χ1) is 13.7. The number of hydrogen-bond acceptors (Lipinski definition) is 6. The highest BCUT2D eigenvalue weighted by Gasteiger charge is 2.30. The number of nitrogens with one attached hydrogen (secondary N) is 2. The third-order valence-electron chi connectivity index (χ3n) is 4.26. The van der Waals surface area contributed by atoms with Crippen molar-refractivity contribution in [1.82, 2.24) is 25.6 Å². The fourth-order valence-electron chi connectivity index (χ4n) is 2.73. The molecule has 9 heteroatoms. The summed E-state index contributed by atoms with van der Waals surface area (Å²) in [6, 6.07) is 13.6. The Kier molecular flexibility index (Phi) is 5.73. The molecule has 28 heavy (non-hydrogen) atoms. The van der Waals surface area contributed by atoms with Gasteiger partial charge in [-0.2, -0.15) is 0 Å². The summed E-state index contributed by atoms with van der Waals surface area (Å²) in [7, 11) is 0. The molecule has 0 aliphatic heterocycles. The number of carbonyl (C=O) groups excluding carboxylic acids is 2. The van der Waals surface area contributed by atoms with E-state index in [1.54, 1.807) is 12.1 Å². The lowest BCUT2D eigenvalue weighted by Crippen LogP contribution is -2.42. The van der Waals surface area contributed by atoms with Gasteiger partial charge in [0.2, 0.25) is 5.91 Å². The van der Waals surface area contributed by atoms with Crippen LogP contribution in [-0.2, 0) is 11.3 Å². The summed E-state index contributed by atoms with van der Waals surface area (Å²) >= 11 is 2.64. The number of thioether (sulfide) groups is 1. The fraction of sp³-hybridized carbons (Fsp3) is 0.263. The fourth-order valence-corrected chi connectivity index (χ4v) is 4.09. The quantitative estimate of drug-likeness (QED) is 0.459. The number of aromatic nitrogens is 3. The Labute approximate surface area is 170 Å². The Bertz CT molecular complexity index is 952. The molecule has 0 radical (unpaired) electrons. The van der Waals surface area contributed by atoms with E-state index in [4.69, 9.17) is 0 Å². The molecule has 1 aliphatic rings. The summed E-state index contributed by atoms with van der Waals surface area (Å²) in [4.78, 5) is 24.5. The smallest absolute Gasteiger partial charge is 0.279 e. The molecule has 2 N–H and O–H groups in total. The second-order valence-corrected chi connectivity index (χ2v) is 8.35. The van der Waals surface area contributed by atoms with Gasteiger partial charge in [-0.05, 0) is 29.9 Å². The average Bonchev–Trinajstić information content (AvgIpc) is 3.25. The maximum absolute atomic E-state index is 12.1. The lowest BCUT2D eigenvalue weighted by Gasteiger charge is -2.10. The molecule has 0 atom stereocenters. The third kappa shape index (κ3) is 4.60. The molecule has 1 aromatic carbocycles. The molecule has 4 rings (SSSR count). The van der Waals surface area contributed by atoms with E-state index >= 15 is 0 Å². The van der Waals surface area contributed by atoms with Gasteiger partial charge in [0.25, 0.3) is 5.91 Å². The molecule has 2 aromatic heterocycles. The van der Waals surface area contributed by atoms with Crippen molar-refractivity contribution in [2.24, 2.45) is 0 Å². The van der Waals surface area contributed by atoms with Crippen molar-refractivity contribution in [3.8, 4) is 0 Å². The van der Waals surface area contributed by atoms with Gasteiger partial charge in [0.05, 0.1) is 17.2 Å². The number of thiophene rings is 1. The van der Waals surface area contributed by atoms with Crippen molar-refractivity contribution >= 4 is 34.9 Å². The molecule has 1 fully saturated rings. The van der Waals surface area contributed by atoms with Crippen LogP contribution in [0, 0.1) is 0 Å². The topological polar surface area (TPSA) is 88.9 Å². The van der Waals surface area contributed by atoms with E-state index in [0.29, 0.717) is 22.5 Å². The Morgan fingerprint density at radius 1 is 1.11 bits per heavy atom. The summed E-state index contributed by atoms with van der Waals surface area (Å²) in [5.74, 6) is 0.971. The minimum absolute atomic E-state index is 0.141. The normalized spacial score (nSPS) is 13.3. The number of benzene rings is 1. The molecule has 7 nitrogen and oxygen atoms in total. The zero-order valence-electron chi connectivity index (χ0n) is 15.0. The van der Waals surface area contributed by atoms with Gasteiger partial charge in [-0.3, -0.25) is 20.4 Å². The van der Waals surface area contributed by atoms with Crippen molar-refractivity contribution < 1.29 is 9.59 Å². The molecular weight excluding hydrogens is 394 g/mol. The minimum atomic E-state index is -0.323. The average molecular weight is 414 g/mol. The van der Waals surface area contributed by atoms with E-state index in [2.05, 4.69) is 37.7 Å². The standard InChI is InChI=1S/C19H19N5O2S2/c25-16(20-22-18(26)15-7-4-10-27-15)12-28-19-23-21-17(14-8-9-14)24(19)11-13-5-2-1-3-6-13/h1-7,10,14H,8-9,11-12H2,(H,20,25)(H,22,26). The summed E-state index contributed by atoms with van der Waals surface area (Å²) in [5.41, 5.74) is 6.03. The van der Waals surface area contributed by atoms with Crippen LogP contribution in [0.3, 0.4) is 0 Å². The third-order valence-corrected chi connectivity index (χ3v) is 6.10. The highest BCUT2D eigenvalue weighted by molar-refractivity contribution is 7.99. The summed E-state index contributed by atoms with van der Waals surface area (Å²) in [6.45, 7) is 0.679. The highest BCUT2D eigenvalue weighted by Crippen LogP contribution is 2.40. The van der Waals surface area contributed by atoms with Crippen LogP contribution in [-0.4, -0.2) is 32.3 Å². The SMILES string of the molecule is O=C(CSc1nnc(C2CC2)n1Cc1ccccc1)NNC(=O)c1cccs1. The van der Waals surface area contributed by atoms with E-state index in [9.17, 15) is 9.59 Å². The van der Waals surface area contributed by atoms with Crippen LogP contribution in [0.25, 0.3) is 0 Å². The largest absolute Gasteiger partial charge is 0.301 e. The van der Waals surface area contributed by atoms with Crippen molar-refractivity contribution in [2.75, 3.05) is 5.75 Å². The predicted molar refractivity (Wildman–Crippen MR) is 108 cm³/mol. The molecule has 0 saturated heterocycles. The van der Waals surface area contributed by atoms with E-state index < -0.39 is 0 Å². The molecular formula is C19H19N5O2S2. The molecule has 2 amide bonds. The molecule has 2 heterocycles. The first-order valence-electron chi connectivity index (χ1n) is 8.93. The maximum atomic E-state index is 12.1. The lowest BCUT2D eigenvalue weighted by atomic mass is 10.2. The number of amides is 2. The predicted octanol–water partition coefficient (Wildman–Crippen LogP) is 2.82. The Morgan fingerprint density at radius 3 is 2.64 bits per heavy atom. The monoisotopic (exact) mass is 413 g/mol. The summed E-state index contributed by atoms with van der Waals surface area (Å²) < 4.78 is 2.09. The van der Waals surface area contributed by atoms with Crippen molar-refractivity contribution in [3.63, 3.8) is 0 Å². The molecule has 3 aromatic rings. The Hall–Kier alpha value is -2.65. The molecule has 144 valence electrons. The van der Waals surface area contributed by atoms with Crippen molar-refractivity contribution in [2.45, 2.75) is 30.5 Å². The number of rotatable bonds is 7. The van der Waals surface area contributed by atoms with Gasteiger partial charge in [-0.15, -0.1) is 21.5 Å². The molecule has 1 aliphatic carbocycles. The van der Waals surface area contributed by atoms with Crippen LogP contribution in [0.1, 0.15) is 39.8 Å². The zero-order valence-corrected chi connectivity index (χ0v) is 16.6. The summed E-state index contributed by atoms with van der Waals surface area (Å²) in [5, 5.41) is 11.2. The van der Waals surface area contributed by atoms with E-state index in [1.165, 1.54) is 28.7 Å². The van der Waals surface area contributed by atoms with Crippen molar-refractivity contribution in [1.29, 1.82) is 0 Å². The van der Waals surface area contributed by atoms with Crippen LogP contribution in [0.15, 0.2) is 53.0 Å². The van der Waals surface area contributed by atoms with Gasteiger partial charge in [0.1, 0.15) is 5.82 Å². The first-order valence-corrected chi connectivity index (χ1v) is 10.8. The number of nitrogens with zero attached hydrogens (tertiary/aromatic N) is 3. The second kappa shape index (κ2) is 8.57. The first kappa shape index (κ1) is 18.7. The van der Waals surface area contributed by atoms with Gasteiger partial charge in [0.15, 0.2) is 5.16 Å². The molecule has 0 spiro atoms. The number of hydrazine groups is 1. The highest BCUT2D eigenvalue weighted by atomic mass is 32.2. The molecule has 0 unspecified atom stereocenters. The van der Waals surface area contributed by atoms with Crippen LogP contribution in [0.2, 0.25) is 0 Å². The van der Waals surface area contributed by atoms with E-state index in [0.717, 1.165) is 18.7 Å². The number of hydrogen-bond donors (Lipinski definition) is 2. The van der Waals surface area contributed by atoms with Gasteiger partial charge >= 0.3 is 0 Å². The van der Waals surface area contributed by atoms with Crippen LogP contribution in [0.4, 0.5) is 0 Å². The van der Waals surface area contributed by atoms with Gasteiger partial charge in [-0.1, -0.05) is 48.2 Å². The zero-order chi connectivity index (χ0) is 19.3. The van der Waals surface area contributed by atoms with Gasteiger partial charge in [-0.25, -0.2) is 0 Å². The minimum Gasteiger partial charge on any atom is -0.301 e. The Morgan fingerprint density at radius 2 is 1.93 bits per heavy atom. The maximum Gasteiger partial charge on any atom is 0.279 e. The number of carbonyl (C=O) groups is 2. The van der Waals surface area contributed by atoms with E-state index in [1.807, 2.05) is 23.6 Å². The van der Waals surface area contributed by atoms with Crippen LogP contribution in [0.5, 0.6) is 0 Å². The summed E-state index contributed by atoms with van der Waals surface area (Å²) in [6.07, 6.45) is 2.26. The van der Waals surface area contributed by atoms with Crippen molar-refractivity contribution in [3.05, 3.63) is 64.1 Å². The van der Waals surface area contributed by atoms with Gasteiger partial charge < -0.3 is 4.57 Å². The second-order valence-electron chi connectivity index (χ2n) is 6.46.